The Morgan fingerprint density at radius 3 is 2.11 bits per heavy atom. The van der Waals surface area contributed by atoms with Crippen LogP contribution in [0, 0.1) is 13.8 Å². The summed E-state index contributed by atoms with van der Waals surface area (Å²) in [6.45, 7) is 6.01. The Labute approximate surface area is 162 Å². The first-order valence-corrected chi connectivity index (χ1v) is 10.1. The average molecular weight is 390 g/mol. The largest absolute Gasteiger partial charge is 0.346 e. The number of nitrogens with zero attached hydrogens (tertiary/aromatic N) is 2. The van der Waals surface area contributed by atoms with E-state index in [4.69, 9.17) is 0 Å². The smallest absolute Gasteiger partial charge is 0.303 e. The Morgan fingerprint density at radius 2 is 1.59 bits per heavy atom. The van der Waals surface area contributed by atoms with Crippen LogP contribution in [0.5, 0.6) is 0 Å². The van der Waals surface area contributed by atoms with Crippen LogP contribution in [0.4, 0.5) is 5.69 Å². The van der Waals surface area contributed by atoms with Crippen molar-refractivity contribution in [2.24, 2.45) is 0 Å². The van der Waals surface area contributed by atoms with E-state index >= 15 is 0 Å². The first kappa shape index (κ1) is 20.9. The maximum atomic E-state index is 12.5. The zero-order valence-electron chi connectivity index (χ0n) is 16.6. The predicted molar refractivity (Wildman–Crippen MR) is 109 cm³/mol. The number of carbonyl (C=O) groups excluding carboxylic acids is 1. The van der Waals surface area contributed by atoms with Crippen molar-refractivity contribution in [1.82, 2.24) is 9.62 Å². The summed E-state index contributed by atoms with van der Waals surface area (Å²) >= 11 is 0. The zero-order chi connectivity index (χ0) is 20.4. The molecular weight excluding hydrogens is 362 g/mol. The maximum absolute atomic E-state index is 12.5. The second-order valence-electron chi connectivity index (χ2n) is 6.86. The quantitative estimate of drug-likeness (QED) is 0.826. The van der Waals surface area contributed by atoms with E-state index in [1.807, 2.05) is 32.9 Å². The third-order valence-electron chi connectivity index (χ3n) is 4.54. The van der Waals surface area contributed by atoms with Gasteiger partial charge in [0, 0.05) is 26.7 Å². The Morgan fingerprint density at radius 1 is 1.00 bits per heavy atom. The summed E-state index contributed by atoms with van der Waals surface area (Å²) in [5.74, 6) is -0.202. The summed E-state index contributed by atoms with van der Waals surface area (Å²) in [5, 5.41) is 2.99. The lowest BCUT2D eigenvalue weighted by Crippen LogP contribution is -2.37. The number of carbonyl (C=O) groups is 1. The minimum atomic E-state index is -3.56. The van der Waals surface area contributed by atoms with Crippen LogP contribution in [0.1, 0.15) is 40.0 Å². The van der Waals surface area contributed by atoms with Crippen molar-refractivity contribution >= 4 is 21.8 Å². The summed E-state index contributed by atoms with van der Waals surface area (Å²) in [5.41, 5.74) is 4.35. The highest BCUT2D eigenvalue weighted by Crippen LogP contribution is 2.21. The maximum Gasteiger partial charge on any atom is 0.303 e. The molecule has 0 spiro atoms. The van der Waals surface area contributed by atoms with Crippen LogP contribution in [0.25, 0.3) is 0 Å². The Hall–Kier alpha value is -2.38. The molecule has 27 heavy (non-hydrogen) atoms. The Bertz CT molecular complexity index is 922. The molecule has 7 heteroatoms. The van der Waals surface area contributed by atoms with Gasteiger partial charge in [-0.25, -0.2) is 0 Å². The summed E-state index contributed by atoms with van der Waals surface area (Å²) in [4.78, 5) is 12.5. The standard InChI is InChI=1S/C20H27N3O3S/c1-14-7-12-19(15(2)13-14)16(3)21-20(24)17-8-10-18(11-9-17)23(6)27(25,26)22(4)5/h7-13,16H,1-6H3,(H,21,24). The Balaban J connectivity index is 2.14. The number of hydrogen-bond acceptors (Lipinski definition) is 3. The summed E-state index contributed by atoms with van der Waals surface area (Å²) in [7, 11) is 0.867. The highest BCUT2D eigenvalue weighted by molar-refractivity contribution is 7.90. The van der Waals surface area contributed by atoms with Gasteiger partial charge in [-0.15, -0.1) is 0 Å². The minimum Gasteiger partial charge on any atom is -0.346 e. The number of aryl methyl sites for hydroxylation is 2. The number of rotatable bonds is 6. The van der Waals surface area contributed by atoms with Crippen LogP contribution in [0.2, 0.25) is 0 Å². The molecule has 1 atom stereocenters. The van der Waals surface area contributed by atoms with E-state index in [2.05, 4.69) is 11.4 Å². The zero-order valence-corrected chi connectivity index (χ0v) is 17.5. The first-order chi connectivity index (χ1) is 12.5. The molecule has 0 radical (unpaired) electrons. The highest BCUT2D eigenvalue weighted by atomic mass is 32.2. The van der Waals surface area contributed by atoms with E-state index in [-0.39, 0.29) is 11.9 Å². The van der Waals surface area contributed by atoms with Crippen molar-refractivity contribution in [3.8, 4) is 0 Å². The van der Waals surface area contributed by atoms with Gasteiger partial charge in [-0.1, -0.05) is 23.8 Å². The molecular formula is C20H27N3O3S. The Kier molecular flexibility index (Phi) is 6.28. The fraction of sp³-hybridized carbons (Fsp3) is 0.350. The molecule has 0 fully saturated rings. The lowest BCUT2D eigenvalue weighted by Gasteiger charge is -2.23. The van der Waals surface area contributed by atoms with Crippen molar-refractivity contribution in [1.29, 1.82) is 0 Å². The van der Waals surface area contributed by atoms with E-state index in [1.54, 1.807) is 24.3 Å². The van der Waals surface area contributed by atoms with E-state index in [1.165, 1.54) is 31.0 Å². The van der Waals surface area contributed by atoms with Gasteiger partial charge in [0.05, 0.1) is 11.7 Å². The molecule has 6 nitrogen and oxygen atoms in total. The molecule has 0 saturated heterocycles. The molecule has 0 aliphatic rings. The van der Waals surface area contributed by atoms with Crippen molar-refractivity contribution in [3.05, 3.63) is 64.7 Å². The molecule has 0 heterocycles. The average Bonchev–Trinajstić information content (AvgIpc) is 2.60. The van der Waals surface area contributed by atoms with Gasteiger partial charge in [-0.2, -0.15) is 12.7 Å². The van der Waals surface area contributed by atoms with E-state index in [0.717, 1.165) is 15.4 Å². The molecule has 0 saturated carbocycles. The molecule has 0 bridgehead atoms. The van der Waals surface area contributed by atoms with Crippen LogP contribution < -0.4 is 9.62 Å². The summed E-state index contributed by atoms with van der Waals surface area (Å²) in [6.07, 6.45) is 0. The number of hydrogen-bond donors (Lipinski definition) is 1. The normalized spacial score (nSPS) is 12.7. The molecule has 2 aromatic rings. The molecule has 146 valence electrons. The van der Waals surface area contributed by atoms with Gasteiger partial charge < -0.3 is 5.32 Å². The van der Waals surface area contributed by atoms with Crippen molar-refractivity contribution in [2.75, 3.05) is 25.4 Å². The van der Waals surface area contributed by atoms with Crippen LogP contribution in [-0.2, 0) is 10.2 Å². The van der Waals surface area contributed by atoms with Gasteiger partial charge >= 0.3 is 10.2 Å². The minimum absolute atomic E-state index is 0.130. The second-order valence-corrected chi connectivity index (χ2v) is 9.03. The topological polar surface area (TPSA) is 69.7 Å². The van der Waals surface area contributed by atoms with Gasteiger partial charge in [-0.3, -0.25) is 9.10 Å². The van der Waals surface area contributed by atoms with Crippen LogP contribution >= 0.6 is 0 Å². The lowest BCUT2D eigenvalue weighted by atomic mass is 10.00. The van der Waals surface area contributed by atoms with E-state index in [0.29, 0.717) is 11.3 Å². The van der Waals surface area contributed by atoms with Crippen molar-refractivity contribution in [3.63, 3.8) is 0 Å². The first-order valence-electron chi connectivity index (χ1n) is 8.68. The molecule has 1 amide bonds. The molecule has 0 aromatic heterocycles. The van der Waals surface area contributed by atoms with E-state index < -0.39 is 10.2 Å². The molecule has 2 aromatic carbocycles. The van der Waals surface area contributed by atoms with Gasteiger partial charge in [-0.05, 0) is 56.2 Å². The number of amides is 1. The number of anilines is 1. The van der Waals surface area contributed by atoms with Crippen LogP contribution in [0.3, 0.4) is 0 Å². The van der Waals surface area contributed by atoms with Crippen LogP contribution in [0.15, 0.2) is 42.5 Å². The predicted octanol–water partition coefficient (Wildman–Crippen LogP) is 3.04. The molecule has 1 N–H and O–H groups in total. The summed E-state index contributed by atoms with van der Waals surface area (Å²) in [6, 6.07) is 12.5. The van der Waals surface area contributed by atoms with Crippen molar-refractivity contribution < 1.29 is 13.2 Å². The molecule has 2 rings (SSSR count). The van der Waals surface area contributed by atoms with Gasteiger partial charge in [0.25, 0.3) is 5.91 Å². The number of nitrogens with one attached hydrogen (secondary N) is 1. The number of benzene rings is 2. The fourth-order valence-corrected chi connectivity index (χ4v) is 3.75. The molecule has 0 aliphatic heterocycles. The van der Waals surface area contributed by atoms with Crippen molar-refractivity contribution in [2.45, 2.75) is 26.8 Å². The molecule has 1 unspecified atom stereocenters. The van der Waals surface area contributed by atoms with Gasteiger partial charge in [0.2, 0.25) is 0 Å². The van der Waals surface area contributed by atoms with Crippen LogP contribution in [-0.4, -0.2) is 39.8 Å². The molecule has 0 aliphatic carbocycles. The third-order valence-corrected chi connectivity index (χ3v) is 6.37. The van der Waals surface area contributed by atoms with Gasteiger partial charge in [0.15, 0.2) is 0 Å². The fourth-order valence-electron chi connectivity index (χ4n) is 2.87. The monoisotopic (exact) mass is 389 g/mol. The third kappa shape index (κ3) is 4.67. The second kappa shape index (κ2) is 8.10. The van der Waals surface area contributed by atoms with E-state index in [9.17, 15) is 13.2 Å². The summed E-state index contributed by atoms with van der Waals surface area (Å²) < 4.78 is 26.7. The SMILES string of the molecule is Cc1ccc(C(C)NC(=O)c2ccc(N(C)S(=O)(=O)N(C)C)cc2)c(C)c1. The lowest BCUT2D eigenvalue weighted by molar-refractivity contribution is 0.0940. The highest BCUT2D eigenvalue weighted by Gasteiger charge is 2.21. The van der Waals surface area contributed by atoms with Gasteiger partial charge in [0.1, 0.15) is 0 Å².